The van der Waals surface area contributed by atoms with E-state index >= 15 is 0 Å². The molecule has 2 N–H and O–H groups in total. The van der Waals surface area contributed by atoms with Crippen LogP contribution in [0.5, 0.6) is 11.5 Å². The first kappa shape index (κ1) is 21.1. The van der Waals surface area contributed by atoms with Gasteiger partial charge in [-0.15, -0.1) is 0 Å². The fraction of sp³-hybridized carbons (Fsp3) is 0.167. The number of para-hydroxylation sites is 1. The zero-order valence-electron chi connectivity index (χ0n) is 16.9. The standard InChI is InChI=1S/C24H24N2O4/c1-24(2,18-10-5-3-6-11-18)23(28)26-29-17-22(27)25-19-12-9-15-21(16-19)30-20-13-7-4-8-14-20/h3-16H,17H2,1-2H3,(H,25,27)(H,26,28). The van der Waals surface area contributed by atoms with Gasteiger partial charge in [-0.1, -0.05) is 54.6 Å². The molecule has 154 valence electrons. The zero-order valence-corrected chi connectivity index (χ0v) is 16.9. The van der Waals surface area contributed by atoms with Gasteiger partial charge in [0.05, 0.1) is 5.41 Å². The Morgan fingerprint density at radius 2 is 1.47 bits per heavy atom. The summed E-state index contributed by atoms with van der Waals surface area (Å²) in [5, 5.41) is 2.72. The number of hydroxylamine groups is 1. The van der Waals surface area contributed by atoms with Crippen molar-refractivity contribution in [2.75, 3.05) is 11.9 Å². The fourth-order valence-corrected chi connectivity index (χ4v) is 2.74. The van der Waals surface area contributed by atoms with Gasteiger partial charge in [0.1, 0.15) is 11.5 Å². The van der Waals surface area contributed by atoms with Crippen LogP contribution in [0.2, 0.25) is 0 Å². The Balaban J connectivity index is 1.49. The molecule has 6 heteroatoms. The van der Waals surface area contributed by atoms with E-state index in [-0.39, 0.29) is 12.5 Å². The van der Waals surface area contributed by atoms with E-state index in [2.05, 4.69) is 10.8 Å². The molecule has 0 radical (unpaired) electrons. The lowest BCUT2D eigenvalue weighted by molar-refractivity contribution is -0.141. The molecule has 0 spiro atoms. The van der Waals surface area contributed by atoms with Crippen LogP contribution in [0.25, 0.3) is 0 Å². The Morgan fingerprint density at radius 3 is 2.17 bits per heavy atom. The van der Waals surface area contributed by atoms with E-state index < -0.39 is 11.3 Å². The Hall–Kier alpha value is -3.64. The van der Waals surface area contributed by atoms with Gasteiger partial charge in [0, 0.05) is 11.8 Å². The molecule has 3 aromatic rings. The summed E-state index contributed by atoms with van der Waals surface area (Å²) in [5.74, 6) is 0.565. The van der Waals surface area contributed by atoms with Crippen LogP contribution in [-0.2, 0) is 19.8 Å². The summed E-state index contributed by atoms with van der Waals surface area (Å²) in [5.41, 5.74) is 2.98. The highest BCUT2D eigenvalue weighted by molar-refractivity contribution is 5.92. The largest absolute Gasteiger partial charge is 0.457 e. The maximum atomic E-state index is 12.4. The minimum absolute atomic E-state index is 0.319. The summed E-state index contributed by atoms with van der Waals surface area (Å²) in [6, 6.07) is 25.8. The third kappa shape index (κ3) is 5.68. The normalized spacial score (nSPS) is 10.9. The van der Waals surface area contributed by atoms with Crippen molar-refractivity contribution in [3.05, 3.63) is 90.5 Å². The number of anilines is 1. The molecule has 0 unspecified atom stereocenters. The number of rotatable bonds is 8. The van der Waals surface area contributed by atoms with Crippen LogP contribution in [0.1, 0.15) is 19.4 Å². The zero-order chi connectivity index (χ0) is 21.4. The second-order valence-corrected chi connectivity index (χ2v) is 7.20. The molecular formula is C24H24N2O4. The molecule has 0 aliphatic rings. The molecule has 0 aliphatic heterocycles. The van der Waals surface area contributed by atoms with Gasteiger partial charge in [0.2, 0.25) is 0 Å². The SMILES string of the molecule is CC(C)(C(=O)NOCC(=O)Nc1cccc(Oc2ccccc2)c1)c1ccccc1. The van der Waals surface area contributed by atoms with Crippen LogP contribution in [0.3, 0.4) is 0 Å². The molecule has 3 aromatic carbocycles. The second kappa shape index (κ2) is 9.71. The number of ether oxygens (including phenoxy) is 1. The second-order valence-electron chi connectivity index (χ2n) is 7.20. The summed E-state index contributed by atoms with van der Waals surface area (Å²) in [6.07, 6.45) is 0. The van der Waals surface area contributed by atoms with E-state index in [1.165, 1.54) is 0 Å². The molecular weight excluding hydrogens is 380 g/mol. The molecule has 30 heavy (non-hydrogen) atoms. The molecule has 0 saturated carbocycles. The van der Waals surface area contributed by atoms with Crippen LogP contribution < -0.4 is 15.5 Å². The van der Waals surface area contributed by atoms with Crippen LogP contribution in [0.15, 0.2) is 84.9 Å². The molecule has 0 saturated heterocycles. The third-order valence-electron chi connectivity index (χ3n) is 4.53. The molecule has 0 aliphatic carbocycles. The van der Waals surface area contributed by atoms with Crippen LogP contribution in [-0.4, -0.2) is 18.4 Å². The lowest BCUT2D eigenvalue weighted by Crippen LogP contribution is -2.41. The van der Waals surface area contributed by atoms with Gasteiger partial charge in [0.25, 0.3) is 11.8 Å². The van der Waals surface area contributed by atoms with Crippen molar-refractivity contribution in [3.8, 4) is 11.5 Å². The highest BCUT2D eigenvalue weighted by atomic mass is 16.7. The Labute approximate surface area is 175 Å². The smallest absolute Gasteiger partial charge is 0.253 e. The van der Waals surface area contributed by atoms with Gasteiger partial charge >= 0.3 is 0 Å². The first-order chi connectivity index (χ1) is 14.4. The van der Waals surface area contributed by atoms with Crippen LogP contribution in [0.4, 0.5) is 5.69 Å². The van der Waals surface area contributed by atoms with Gasteiger partial charge in [0.15, 0.2) is 6.61 Å². The molecule has 3 rings (SSSR count). The first-order valence-electron chi connectivity index (χ1n) is 9.56. The highest BCUT2D eigenvalue weighted by Gasteiger charge is 2.29. The Bertz CT molecular complexity index is 988. The van der Waals surface area contributed by atoms with Crippen LogP contribution >= 0.6 is 0 Å². The van der Waals surface area contributed by atoms with Crippen molar-refractivity contribution < 1.29 is 19.2 Å². The first-order valence-corrected chi connectivity index (χ1v) is 9.56. The third-order valence-corrected chi connectivity index (χ3v) is 4.53. The van der Waals surface area contributed by atoms with Gasteiger partial charge in [-0.2, -0.15) is 0 Å². The van der Waals surface area contributed by atoms with Crippen molar-refractivity contribution in [1.82, 2.24) is 5.48 Å². The lowest BCUT2D eigenvalue weighted by atomic mass is 9.84. The van der Waals surface area contributed by atoms with Crippen molar-refractivity contribution in [2.24, 2.45) is 0 Å². The fourth-order valence-electron chi connectivity index (χ4n) is 2.74. The van der Waals surface area contributed by atoms with E-state index in [1.54, 1.807) is 38.1 Å². The molecule has 0 atom stereocenters. The van der Waals surface area contributed by atoms with Gasteiger partial charge in [-0.3, -0.25) is 14.4 Å². The van der Waals surface area contributed by atoms with Crippen LogP contribution in [0, 0.1) is 0 Å². The number of hydrogen-bond donors (Lipinski definition) is 2. The van der Waals surface area contributed by atoms with Gasteiger partial charge in [-0.05, 0) is 43.7 Å². The monoisotopic (exact) mass is 404 g/mol. The lowest BCUT2D eigenvalue weighted by Gasteiger charge is -2.23. The minimum atomic E-state index is -0.791. The van der Waals surface area contributed by atoms with Crippen molar-refractivity contribution in [2.45, 2.75) is 19.3 Å². The predicted octanol–water partition coefficient (Wildman–Crippen LogP) is 4.44. The summed E-state index contributed by atoms with van der Waals surface area (Å²) < 4.78 is 5.75. The summed E-state index contributed by atoms with van der Waals surface area (Å²) in [7, 11) is 0. The van der Waals surface area contributed by atoms with E-state index in [0.717, 1.165) is 5.56 Å². The maximum absolute atomic E-state index is 12.4. The average molecular weight is 404 g/mol. The van der Waals surface area contributed by atoms with Gasteiger partial charge < -0.3 is 10.1 Å². The summed E-state index contributed by atoms with van der Waals surface area (Å²) >= 11 is 0. The average Bonchev–Trinajstić information content (AvgIpc) is 2.75. The molecule has 0 aromatic heterocycles. The van der Waals surface area contributed by atoms with Crippen molar-refractivity contribution in [1.29, 1.82) is 0 Å². The number of hydrogen-bond acceptors (Lipinski definition) is 4. The Morgan fingerprint density at radius 1 is 0.833 bits per heavy atom. The number of amides is 2. The van der Waals surface area contributed by atoms with E-state index in [0.29, 0.717) is 17.2 Å². The van der Waals surface area contributed by atoms with Gasteiger partial charge in [-0.25, -0.2) is 5.48 Å². The topological polar surface area (TPSA) is 76.7 Å². The minimum Gasteiger partial charge on any atom is -0.457 e. The molecule has 0 fully saturated rings. The van der Waals surface area contributed by atoms with Crippen molar-refractivity contribution in [3.63, 3.8) is 0 Å². The Kier molecular flexibility index (Phi) is 6.83. The molecule has 2 amide bonds. The molecule has 0 bridgehead atoms. The molecule has 0 heterocycles. The molecule has 6 nitrogen and oxygen atoms in total. The van der Waals surface area contributed by atoms with Crippen molar-refractivity contribution >= 4 is 17.5 Å². The highest BCUT2D eigenvalue weighted by Crippen LogP contribution is 2.24. The predicted molar refractivity (Wildman–Crippen MR) is 115 cm³/mol. The van der Waals surface area contributed by atoms with E-state index in [4.69, 9.17) is 9.57 Å². The number of benzene rings is 3. The summed E-state index contributed by atoms with van der Waals surface area (Å²) in [6.45, 7) is 3.26. The number of carbonyl (C=O) groups is 2. The quantitative estimate of drug-likeness (QED) is 0.544. The van der Waals surface area contributed by atoms with E-state index in [1.807, 2.05) is 60.7 Å². The summed E-state index contributed by atoms with van der Waals surface area (Å²) in [4.78, 5) is 29.7. The number of carbonyl (C=O) groups excluding carboxylic acids is 2. The maximum Gasteiger partial charge on any atom is 0.253 e. The number of nitrogens with one attached hydrogen (secondary N) is 2. The van der Waals surface area contributed by atoms with E-state index in [9.17, 15) is 9.59 Å².